The van der Waals surface area contributed by atoms with Crippen molar-refractivity contribution < 1.29 is 9.53 Å². The third-order valence-electron chi connectivity index (χ3n) is 3.56. The van der Waals surface area contributed by atoms with Crippen molar-refractivity contribution >= 4 is 17.4 Å². The highest BCUT2D eigenvalue weighted by molar-refractivity contribution is 7.10. The van der Waals surface area contributed by atoms with E-state index in [1.54, 1.807) is 18.4 Å². The maximum absolute atomic E-state index is 12.0. The molecule has 1 heterocycles. The molecule has 124 valence electrons. The van der Waals surface area contributed by atoms with Crippen molar-refractivity contribution in [2.45, 2.75) is 12.6 Å². The standard InChI is InChI=1S/C17H23N3O2S/c1-20(2)15(16-5-4-10-23-16)12-19-17(21)18-11-13-6-8-14(22-3)9-7-13/h4-10,15H,11-12H2,1-3H3,(H2,18,19,21)/t15-/m1/s1. The highest BCUT2D eigenvalue weighted by Crippen LogP contribution is 2.22. The summed E-state index contributed by atoms with van der Waals surface area (Å²) in [4.78, 5) is 15.3. The first kappa shape index (κ1) is 17.3. The average Bonchev–Trinajstić information content (AvgIpc) is 3.07. The predicted molar refractivity (Wildman–Crippen MR) is 94.0 cm³/mol. The molecule has 1 atom stereocenters. The van der Waals surface area contributed by atoms with Crippen LogP contribution in [0.25, 0.3) is 0 Å². The van der Waals surface area contributed by atoms with Crippen molar-refractivity contribution in [3.05, 3.63) is 52.2 Å². The summed E-state index contributed by atoms with van der Waals surface area (Å²) in [6.07, 6.45) is 0. The summed E-state index contributed by atoms with van der Waals surface area (Å²) in [6.45, 7) is 1.06. The van der Waals surface area contributed by atoms with Crippen molar-refractivity contribution in [2.75, 3.05) is 27.7 Å². The largest absolute Gasteiger partial charge is 0.497 e. The van der Waals surface area contributed by atoms with Gasteiger partial charge in [0.1, 0.15) is 5.75 Å². The fourth-order valence-corrected chi connectivity index (χ4v) is 3.12. The Bertz CT molecular complexity index is 597. The molecule has 1 aromatic heterocycles. The molecular formula is C17H23N3O2S. The van der Waals surface area contributed by atoms with Crippen LogP contribution in [0.1, 0.15) is 16.5 Å². The number of carbonyl (C=O) groups excluding carboxylic acids is 1. The van der Waals surface area contributed by atoms with Crippen LogP contribution >= 0.6 is 11.3 Å². The second-order valence-corrected chi connectivity index (χ2v) is 6.39. The van der Waals surface area contributed by atoms with Crippen molar-refractivity contribution in [1.82, 2.24) is 15.5 Å². The minimum atomic E-state index is -0.163. The summed E-state index contributed by atoms with van der Waals surface area (Å²) < 4.78 is 5.11. The van der Waals surface area contributed by atoms with Gasteiger partial charge in [0.25, 0.3) is 0 Å². The first-order chi connectivity index (χ1) is 11.1. The zero-order valence-corrected chi connectivity index (χ0v) is 14.5. The Balaban J connectivity index is 1.79. The Hall–Kier alpha value is -2.05. The Morgan fingerprint density at radius 3 is 2.52 bits per heavy atom. The number of rotatable bonds is 7. The number of amides is 2. The van der Waals surface area contributed by atoms with Gasteiger partial charge in [-0.05, 0) is 43.2 Å². The molecule has 5 nitrogen and oxygen atoms in total. The average molecular weight is 333 g/mol. The number of ether oxygens (including phenoxy) is 1. The van der Waals surface area contributed by atoms with Gasteiger partial charge in [0.05, 0.1) is 13.2 Å². The van der Waals surface area contributed by atoms with E-state index in [9.17, 15) is 4.79 Å². The summed E-state index contributed by atoms with van der Waals surface area (Å²) in [5, 5.41) is 7.86. The first-order valence-corrected chi connectivity index (χ1v) is 8.32. The molecule has 0 spiro atoms. The monoisotopic (exact) mass is 333 g/mol. The van der Waals surface area contributed by atoms with E-state index in [1.165, 1.54) is 4.88 Å². The fourth-order valence-electron chi connectivity index (χ4n) is 2.20. The van der Waals surface area contributed by atoms with Gasteiger partial charge in [0.15, 0.2) is 0 Å². The molecule has 0 aliphatic heterocycles. The van der Waals surface area contributed by atoms with Crippen LogP contribution in [0.3, 0.4) is 0 Å². The second-order valence-electron chi connectivity index (χ2n) is 5.41. The number of urea groups is 1. The summed E-state index contributed by atoms with van der Waals surface area (Å²) in [6, 6.07) is 11.8. The number of thiophene rings is 1. The zero-order chi connectivity index (χ0) is 16.7. The topological polar surface area (TPSA) is 53.6 Å². The predicted octanol–water partition coefficient (Wildman–Crippen LogP) is 2.86. The molecule has 23 heavy (non-hydrogen) atoms. The van der Waals surface area contributed by atoms with Crippen LogP contribution in [0, 0.1) is 0 Å². The van der Waals surface area contributed by atoms with Gasteiger partial charge >= 0.3 is 6.03 Å². The third-order valence-corrected chi connectivity index (χ3v) is 4.54. The maximum Gasteiger partial charge on any atom is 0.315 e. The van der Waals surface area contributed by atoms with Crippen LogP contribution in [-0.2, 0) is 6.54 Å². The molecule has 0 radical (unpaired) electrons. The number of methoxy groups -OCH3 is 1. The van der Waals surface area contributed by atoms with E-state index in [0.717, 1.165) is 11.3 Å². The molecule has 0 fully saturated rings. The second kappa shape index (κ2) is 8.55. The van der Waals surface area contributed by atoms with Crippen LogP contribution in [0.4, 0.5) is 4.79 Å². The highest BCUT2D eigenvalue weighted by atomic mass is 32.1. The highest BCUT2D eigenvalue weighted by Gasteiger charge is 2.15. The number of likely N-dealkylation sites (N-methyl/N-ethyl adjacent to an activating group) is 1. The van der Waals surface area contributed by atoms with Crippen LogP contribution < -0.4 is 15.4 Å². The van der Waals surface area contributed by atoms with E-state index < -0.39 is 0 Å². The van der Waals surface area contributed by atoms with E-state index in [0.29, 0.717) is 13.1 Å². The van der Waals surface area contributed by atoms with E-state index in [2.05, 4.69) is 27.0 Å². The molecule has 2 aromatic rings. The van der Waals surface area contributed by atoms with Gasteiger partial charge in [0, 0.05) is 18.0 Å². The van der Waals surface area contributed by atoms with Gasteiger partial charge in [-0.3, -0.25) is 0 Å². The van der Waals surface area contributed by atoms with Crippen LogP contribution in [0.2, 0.25) is 0 Å². The van der Waals surface area contributed by atoms with Crippen molar-refractivity contribution in [3.63, 3.8) is 0 Å². The fraction of sp³-hybridized carbons (Fsp3) is 0.353. The SMILES string of the molecule is COc1ccc(CNC(=O)NC[C@H](c2cccs2)N(C)C)cc1. The molecule has 6 heteroatoms. The minimum Gasteiger partial charge on any atom is -0.497 e. The van der Waals surface area contributed by atoms with E-state index in [-0.39, 0.29) is 12.1 Å². The quantitative estimate of drug-likeness (QED) is 0.819. The van der Waals surface area contributed by atoms with Gasteiger partial charge in [-0.15, -0.1) is 11.3 Å². The molecule has 1 aromatic carbocycles. The van der Waals surface area contributed by atoms with E-state index in [4.69, 9.17) is 4.74 Å². The first-order valence-electron chi connectivity index (χ1n) is 7.44. The number of hydrogen-bond acceptors (Lipinski definition) is 4. The van der Waals surface area contributed by atoms with Gasteiger partial charge in [-0.1, -0.05) is 18.2 Å². The zero-order valence-electron chi connectivity index (χ0n) is 13.7. The lowest BCUT2D eigenvalue weighted by Crippen LogP contribution is -2.40. The number of hydrogen-bond donors (Lipinski definition) is 2. The van der Waals surface area contributed by atoms with Gasteiger partial charge in [-0.2, -0.15) is 0 Å². The summed E-state index contributed by atoms with van der Waals surface area (Å²) >= 11 is 1.70. The maximum atomic E-state index is 12.0. The summed E-state index contributed by atoms with van der Waals surface area (Å²) in [7, 11) is 5.66. The van der Waals surface area contributed by atoms with Gasteiger partial charge in [-0.25, -0.2) is 4.79 Å². The molecule has 2 rings (SSSR count). The number of nitrogens with one attached hydrogen (secondary N) is 2. The Morgan fingerprint density at radius 2 is 1.96 bits per heavy atom. The van der Waals surface area contributed by atoms with Crippen LogP contribution in [0.5, 0.6) is 5.75 Å². The molecule has 0 bridgehead atoms. The third kappa shape index (κ3) is 5.26. The molecule has 0 saturated heterocycles. The molecule has 2 amide bonds. The van der Waals surface area contributed by atoms with Crippen LogP contribution in [0.15, 0.2) is 41.8 Å². The van der Waals surface area contributed by atoms with Gasteiger partial charge in [0.2, 0.25) is 0 Å². The van der Waals surface area contributed by atoms with E-state index >= 15 is 0 Å². The number of nitrogens with zero attached hydrogens (tertiary/aromatic N) is 1. The Morgan fingerprint density at radius 1 is 1.22 bits per heavy atom. The molecule has 0 aliphatic carbocycles. The lowest BCUT2D eigenvalue weighted by atomic mass is 10.2. The van der Waals surface area contributed by atoms with Crippen molar-refractivity contribution in [2.24, 2.45) is 0 Å². The lowest BCUT2D eigenvalue weighted by molar-refractivity contribution is 0.233. The molecule has 2 N–H and O–H groups in total. The molecule has 0 unspecified atom stereocenters. The molecule has 0 saturated carbocycles. The molecular weight excluding hydrogens is 310 g/mol. The minimum absolute atomic E-state index is 0.163. The van der Waals surface area contributed by atoms with Crippen molar-refractivity contribution in [1.29, 1.82) is 0 Å². The Kier molecular flexibility index (Phi) is 6.43. The van der Waals surface area contributed by atoms with Gasteiger partial charge < -0.3 is 20.3 Å². The number of benzene rings is 1. The summed E-state index contributed by atoms with van der Waals surface area (Å²) in [5.74, 6) is 0.808. The smallest absolute Gasteiger partial charge is 0.315 e. The normalized spacial score (nSPS) is 12.0. The molecule has 0 aliphatic rings. The lowest BCUT2D eigenvalue weighted by Gasteiger charge is -2.23. The Labute approximate surface area is 141 Å². The van der Waals surface area contributed by atoms with Crippen LogP contribution in [-0.4, -0.2) is 38.7 Å². The number of carbonyl (C=O) groups is 1. The van der Waals surface area contributed by atoms with E-state index in [1.807, 2.05) is 44.4 Å². The summed E-state index contributed by atoms with van der Waals surface area (Å²) in [5.41, 5.74) is 1.03. The van der Waals surface area contributed by atoms with Crippen molar-refractivity contribution in [3.8, 4) is 5.75 Å².